The summed E-state index contributed by atoms with van der Waals surface area (Å²) in [6.07, 6.45) is -19.5. The van der Waals surface area contributed by atoms with Crippen molar-refractivity contribution in [1.82, 2.24) is 11.0 Å². The van der Waals surface area contributed by atoms with Gasteiger partial charge in [-0.2, -0.15) is 19.5 Å². The van der Waals surface area contributed by atoms with E-state index in [4.69, 9.17) is 43.6 Å². The zero-order valence-corrected chi connectivity index (χ0v) is 38.7. The third-order valence-corrected chi connectivity index (χ3v) is 14.0. The van der Waals surface area contributed by atoms with Crippen molar-refractivity contribution in [2.45, 2.75) is 184 Å². The minimum Gasteiger partial charge on any atom is -0.724 e. The lowest BCUT2D eigenvalue weighted by atomic mass is 9.90. The summed E-state index contributed by atoms with van der Waals surface area (Å²) in [6.45, 7) is 9.69. The SMILES string of the molecule is CCC1O[C@H](O[C@@H]2C(C)O[C@@H](O[C@@H]3C(CC)O[C@H](O[C@@H]4C(C)O[C@@H](OCCCCCS(=O)(=O)CCN)C(C)[C@@H]4O)C(NOS(=O)(=O)[O-])[C@H]3O)C(C)[C@@H]2O)C(NOS(=O)(=O)[O-])[C@@H](O)[C@@H]1O. The Balaban J connectivity index is 1.44. The molecular formula is C35H65N3O23S3-2. The molecular weight excluding hydrogens is 927 g/mol. The number of hydrogen-bond acceptors (Lipinski definition) is 26. The molecule has 0 amide bonds. The molecule has 0 radical (unpaired) electrons. The summed E-state index contributed by atoms with van der Waals surface area (Å²) in [5, 5.41) is 55.9. The second-order valence-electron chi connectivity index (χ2n) is 16.4. The van der Waals surface area contributed by atoms with E-state index < -0.39 is 153 Å². The Morgan fingerprint density at radius 2 is 1.03 bits per heavy atom. The monoisotopic (exact) mass is 991 g/mol. The van der Waals surface area contributed by atoms with Gasteiger partial charge in [0.1, 0.15) is 48.7 Å². The molecule has 0 spiro atoms. The molecule has 4 aliphatic heterocycles. The number of rotatable bonds is 23. The topological polar surface area (TPSA) is 392 Å². The smallest absolute Gasteiger partial charge is 0.234 e. The first-order chi connectivity index (χ1) is 29.8. The fourth-order valence-electron chi connectivity index (χ4n) is 7.98. The molecule has 0 aliphatic carbocycles. The molecule has 9 N–H and O–H groups in total. The quantitative estimate of drug-likeness (QED) is 0.0211. The van der Waals surface area contributed by atoms with Crippen molar-refractivity contribution in [3.63, 3.8) is 0 Å². The zero-order valence-electron chi connectivity index (χ0n) is 36.3. The van der Waals surface area contributed by atoms with Crippen molar-refractivity contribution in [3.05, 3.63) is 0 Å². The molecule has 8 unspecified atom stereocenters. The Bertz CT molecular complexity index is 1770. The standard InChI is InChI=1S/C35H67N3O23S3/c1-7-20-26(41)27(42)22(37-60-63(46,47)48)34(55-20)57-30-19(6)54-33(17(4)25(30)40)59-31-21(8-2)56-35(23(28(31)43)38-61-64(49,50)51)58-29-18(5)53-32(16(3)24(29)39)52-13-10-9-11-14-62(44,45)15-12-36/h16-35,37-43H,7-15,36H2,1-6H3,(H,46,47,48)(H,49,50,51)/p-2/t16?,17?,18?,19?,20?,21?,22?,23?,24-,25-,26+,27+,28+,29+,30+,31+,32+,33-,34+,35+/m0/s1. The van der Waals surface area contributed by atoms with E-state index in [0.717, 1.165) is 0 Å². The van der Waals surface area contributed by atoms with Crippen molar-refractivity contribution in [3.8, 4) is 0 Å². The fourth-order valence-corrected chi connectivity index (χ4v) is 9.64. The van der Waals surface area contributed by atoms with Crippen LogP contribution >= 0.6 is 0 Å². The molecule has 0 bridgehead atoms. The van der Waals surface area contributed by atoms with Crippen molar-refractivity contribution >= 4 is 30.6 Å². The number of aliphatic hydroxyl groups is 5. The van der Waals surface area contributed by atoms with E-state index in [0.29, 0.717) is 19.3 Å². The maximum Gasteiger partial charge on any atom is 0.234 e. The van der Waals surface area contributed by atoms with E-state index in [1.165, 1.54) is 13.8 Å². The van der Waals surface area contributed by atoms with Crippen LogP contribution in [0.4, 0.5) is 0 Å². The minimum absolute atomic E-state index is 0.00433. The third kappa shape index (κ3) is 15.0. The number of nitrogens with one attached hydrogen (secondary N) is 2. The van der Waals surface area contributed by atoms with Gasteiger partial charge >= 0.3 is 0 Å². The van der Waals surface area contributed by atoms with E-state index in [1.807, 2.05) is 11.0 Å². The van der Waals surface area contributed by atoms with Gasteiger partial charge in [-0.1, -0.05) is 34.1 Å². The molecule has 26 nitrogen and oxygen atoms in total. The molecule has 0 aromatic carbocycles. The molecule has 378 valence electrons. The number of hydrogen-bond donors (Lipinski definition) is 8. The van der Waals surface area contributed by atoms with Gasteiger partial charge in [0.15, 0.2) is 35.0 Å². The molecule has 0 aromatic rings. The van der Waals surface area contributed by atoms with Crippen LogP contribution in [0, 0.1) is 11.8 Å². The van der Waals surface area contributed by atoms with Crippen molar-refractivity contribution in [2.75, 3.05) is 24.7 Å². The van der Waals surface area contributed by atoms with E-state index >= 15 is 0 Å². The summed E-state index contributed by atoms with van der Waals surface area (Å²) in [4.78, 5) is 0. The van der Waals surface area contributed by atoms with Gasteiger partial charge in [-0.15, -0.1) is 0 Å². The van der Waals surface area contributed by atoms with Crippen molar-refractivity contribution in [1.29, 1.82) is 0 Å². The van der Waals surface area contributed by atoms with Gasteiger partial charge in [-0.05, 0) is 39.5 Å². The van der Waals surface area contributed by atoms with E-state index in [9.17, 15) is 59.9 Å². The van der Waals surface area contributed by atoms with Gasteiger partial charge in [-0.25, -0.2) is 25.3 Å². The van der Waals surface area contributed by atoms with Crippen molar-refractivity contribution in [2.24, 2.45) is 17.6 Å². The Kier molecular flexibility index (Phi) is 20.9. The van der Waals surface area contributed by atoms with Gasteiger partial charge in [0, 0.05) is 25.0 Å². The summed E-state index contributed by atoms with van der Waals surface area (Å²) >= 11 is 0. The summed E-state index contributed by atoms with van der Waals surface area (Å²) < 4.78 is 149. The molecule has 4 saturated heterocycles. The van der Waals surface area contributed by atoms with Crippen LogP contribution in [0.3, 0.4) is 0 Å². The van der Waals surface area contributed by atoms with Gasteiger partial charge in [0.2, 0.25) is 20.8 Å². The first-order valence-electron chi connectivity index (χ1n) is 21.1. The maximum atomic E-state index is 11.9. The maximum absolute atomic E-state index is 11.9. The Labute approximate surface area is 373 Å². The number of ether oxygens (including phenoxy) is 8. The van der Waals surface area contributed by atoms with Gasteiger partial charge in [0.25, 0.3) is 0 Å². The van der Waals surface area contributed by atoms with Crippen LogP contribution in [0.5, 0.6) is 0 Å². The Hall–Kier alpha value is -0.950. The van der Waals surface area contributed by atoms with E-state index in [-0.39, 0.29) is 37.5 Å². The normalized spacial score (nSPS) is 41.5. The van der Waals surface area contributed by atoms with Crippen LogP contribution in [-0.2, 0) is 77.1 Å². The second-order valence-corrected chi connectivity index (χ2v) is 20.7. The van der Waals surface area contributed by atoms with Gasteiger partial charge in [0.05, 0.1) is 48.1 Å². The molecule has 4 aliphatic rings. The number of hydroxylamine groups is 2. The lowest BCUT2D eigenvalue weighted by Gasteiger charge is -2.50. The average molecular weight is 992 g/mol. The largest absolute Gasteiger partial charge is 0.724 e. The highest BCUT2D eigenvalue weighted by Crippen LogP contribution is 2.37. The minimum atomic E-state index is -5.42. The Morgan fingerprint density at radius 3 is 1.53 bits per heavy atom. The highest BCUT2D eigenvalue weighted by molar-refractivity contribution is 7.91. The third-order valence-electron chi connectivity index (χ3n) is 11.7. The average Bonchev–Trinajstić information content (AvgIpc) is 3.20. The van der Waals surface area contributed by atoms with Crippen LogP contribution in [0.15, 0.2) is 0 Å². The summed E-state index contributed by atoms with van der Waals surface area (Å²) in [5.41, 5.74) is 9.18. The number of sulfone groups is 1. The predicted octanol–water partition coefficient (Wildman–Crippen LogP) is -3.76. The van der Waals surface area contributed by atoms with Crippen molar-refractivity contribution < 1.29 is 106 Å². The second kappa shape index (κ2) is 24.1. The molecule has 4 fully saturated rings. The molecule has 20 atom stereocenters. The zero-order chi connectivity index (χ0) is 47.9. The molecule has 4 rings (SSSR count). The molecule has 0 aromatic heterocycles. The highest BCUT2D eigenvalue weighted by atomic mass is 32.3. The molecule has 29 heteroatoms. The first kappa shape index (κ1) is 55.6. The predicted molar refractivity (Wildman–Crippen MR) is 212 cm³/mol. The molecule has 64 heavy (non-hydrogen) atoms. The van der Waals surface area contributed by atoms with E-state index in [2.05, 4.69) is 8.57 Å². The summed E-state index contributed by atoms with van der Waals surface area (Å²) in [7, 11) is -14.0. The lowest BCUT2D eigenvalue weighted by Crippen LogP contribution is -2.67. The van der Waals surface area contributed by atoms with Gasteiger partial charge in [-0.3, -0.25) is 0 Å². The van der Waals surface area contributed by atoms with Crippen LogP contribution in [0.1, 0.15) is 73.6 Å². The Morgan fingerprint density at radius 1 is 0.562 bits per heavy atom. The number of unbranched alkanes of at least 4 members (excludes halogenated alkanes) is 2. The molecule has 0 saturated carbocycles. The first-order valence-corrected chi connectivity index (χ1v) is 25.6. The fraction of sp³-hybridized carbons (Fsp3) is 1.00. The van der Waals surface area contributed by atoms with Crippen LogP contribution in [0.2, 0.25) is 0 Å². The number of nitrogens with two attached hydrogens (primary N) is 1. The van der Waals surface area contributed by atoms with Crippen LogP contribution in [-0.4, -0.2) is 195 Å². The summed E-state index contributed by atoms with van der Waals surface area (Å²) in [5.74, 6) is -1.79. The molecule has 4 heterocycles. The van der Waals surface area contributed by atoms with E-state index in [1.54, 1.807) is 27.7 Å². The lowest BCUT2D eigenvalue weighted by molar-refractivity contribution is -0.367. The van der Waals surface area contributed by atoms with Crippen LogP contribution in [0.25, 0.3) is 0 Å². The van der Waals surface area contributed by atoms with Crippen LogP contribution < -0.4 is 16.7 Å². The highest BCUT2D eigenvalue weighted by Gasteiger charge is 2.54. The summed E-state index contributed by atoms with van der Waals surface area (Å²) in [6, 6.07) is -3.34. The number of aliphatic hydroxyl groups excluding tert-OH is 5. The van der Waals surface area contributed by atoms with Gasteiger partial charge < -0.3 is 78.3 Å².